The lowest BCUT2D eigenvalue weighted by Crippen LogP contribution is -2.30. The predicted molar refractivity (Wildman–Crippen MR) is 68.8 cm³/mol. The molecule has 1 aliphatic rings. The number of nitrogens with one attached hydrogen (secondary N) is 1. The second kappa shape index (κ2) is 4.72. The van der Waals surface area contributed by atoms with Crippen LogP contribution in [0.15, 0.2) is 42.6 Å². The highest BCUT2D eigenvalue weighted by molar-refractivity contribution is 5.59. The van der Waals surface area contributed by atoms with Crippen LogP contribution in [0.2, 0.25) is 0 Å². The first-order valence-electron chi connectivity index (χ1n) is 6.25. The molecule has 3 rings (SSSR count). The van der Waals surface area contributed by atoms with Gasteiger partial charge in [0, 0.05) is 6.20 Å². The van der Waals surface area contributed by atoms with E-state index in [1.807, 2.05) is 6.20 Å². The molecular weight excluding hydrogens is 210 g/mol. The van der Waals surface area contributed by atoms with Crippen LogP contribution in [0, 0.1) is 0 Å². The van der Waals surface area contributed by atoms with Crippen LogP contribution in [0.4, 0.5) is 0 Å². The predicted octanol–water partition coefficient (Wildman–Crippen LogP) is 2.47. The Bertz CT molecular complexity index is 469. The molecule has 2 heterocycles. The zero-order valence-corrected chi connectivity index (χ0v) is 9.84. The van der Waals surface area contributed by atoms with Gasteiger partial charge in [-0.15, -0.1) is 0 Å². The molecule has 0 unspecified atom stereocenters. The van der Waals surface area contributed by atoms with Crippen molar-refractivity contribution in [2.45, 2.75) is 18.9 Å². The number of piperidine rings is 1. The highest BCUT2D eigenvalue weighted by Gasteiger charge is 2.18. The molecule has 2 aromatic rings. The van der Waals surface area contributed by atoms with Gasteiger partial charge in [-0.25, -0.2) is 0 Å². The summed E-state index contributed by atoms with van der Waals surface area (Å²) >= 11 is 0. The van der Waals surface area contributed by atoms with Gasteiger partial charge in [0.2, 0.25) is 0 Å². The van der Waals surface area contributed by atoms with Crippen LogP contribution in [0.1, 0.15) is 18.9 Å². The molecule has 0 bridgehead atoms. The lowest BCUT2D eigenvalue weighted by Gasteiger charge is -2.24. The van der Waals surface area contributed by atoms with Crippen molar-refractivity contribution >= 4 is 0 Å². The Labute approximate surface area is 101 Å². The Hall–Kier alpha value is -1.61. The Kier molecular flexibility index (Phi) is 2.92. The summed E-state index contributed by atoms with van der Waals surface area (Å²) in [6.07, 6.45) is 4.24. The molecule has 0 atom stereocenters. The minimum atomic E-state index is 0.543. The minimum absolute atomic E-state index is 0.543. The number of aromatic nitrogens is 2. The number of hydrogen-bond acceptors (Lipinski definition) is 2. The Morgan fingerprint density at radius 2 is 1.82 bits per heavy atom. The number of benzene rings is 1. The summed E-state index contributed by atoms with van der Waals surface area (Å²) in [5.74, 6) is 0. The fraction of sp³-hybridized carbons (Fsp3) is 0.357. The van der Waals surface area contributed by atoms with E-state index in [2.05, 4.69) is 51.5 Å². The molecular formula is C14H17N3. The van der Waals surface area contributed by atoms with Gasteiger partial charge in [0.15, 0.2) is 0 Å². The smallest absolute Gasteiger partial charge is 0.0685 e. The summed E-state index contributed by atoms with van der Waals surface area (Å²) in [5, 5.41) is 7.90. The third kappa shape index (κ3) is 2.11. The summed E-state index contributed by atoms with van der Waals surface area (Å²) < 4.78 is 2.19. The fourth-order valence-electron chi connectivity index (χ4n) is 2.49. The monoisotopic (exact) mass is 227 g/mol. The van der Waals surface area contributed by atoms with E-state index in [1.165, 1.54) is 24.1 Å². The first kappa shape index (κ1) is 10.5. The van der Waals surface area contributed by atoms with E-state index in [0.29, 0.717) is 6.04 Å². The van der Waals surface area contributed by atoms with Crippen LogP contribution in [0.3, 0.4) is 0 Å². The van der Waals surface area contributed by atoms with Gasteiger partial charge in [-0.05, 0) is 37.6 Å². The molecule has 1 aromatic carbocycles. The average Bonchev–Trinajstić information content (AvgIpc) is 2.90. The highest BCUT2D eigenvalue weighted by atomic mass is 15.3. The van der Waals surface area contributed by atoms with Crippen LogP contribution in [0.25, 0.3) is 11.3 Å². The molecule has 1 aliphatic heterocycles. The van der Waals surface area contributed by atoms with Crippen molar-refractivity contribution in [1.29, 1.82) is 0 Å². The fourth-order valence-corrected chi connectivity index (χ4v) is 2.49. The molecule has 0 amide bonds. The SMILES string of the molecule is c1ccc(-c2ccnn2C2CCNCC2)cc1. The van der Waals surface area contributed by atoms with Crippen molar-refractivity contribution in [2.24, 2.45) is 0 Å². The van der Waals surface area contributed by atoms with E-state index in [9.17, 15) is 0 Å². The third-order valence-corrected chi connectivity index (χ3v) is 3.39. The molecule has 3 heteroatoms. The molecule has 0 spiro atoms. The van der Waals surface area contributed by atoms with Crippen molar-refractivity contribution < 1.29 is 0 Å². The lowest BCUT2D eigenvalue weighted by molar-refractivity contribution is 0.346. The summed E-state index contributed by atoms with van der Waals surface area (Å²) in [7, 11) is 0. The van der Waals surface area contributed by atoms with Gasteiger partial charge in [0.05, 0.1) is 11.7 Å². The molecule has 0 aliphatic carbocycles. The van der Waals surface area contributed by atoms with Crippen molar-refractivity contribution in [2.75, 3.05) is 13.1 Å². The molecule has 0 saturated carbocycles. The molecule has 1 aromatic heterocycles. The van der Waals surface area contributed by atoms with Crippen molar-refractivity contribution in [3.63, 3.8) is 0 Å². The van der Waals surface area contributed by atoms with Gasteiger partial charge in [-0.2, -0.15) is 5.10 Å². The number of rotatable bonds is 2. The van der Waals surface area contributed by atoms with Gasteiger partial charge < -0.3 is 5.32 Å². The van der Waals surface area contributed by atoms with Crippen molar-refractivity contribution in [1.82, 2.24) is 15.1 Å². The van der Waals surface area contributed by atoms with Gasteiger partial charge >= 0.3 is 0 Å². The van der Waals surface area contributed by atoms with Crippen molar-refractivity contribution in [3.05, 3.63) is 42.6 Å². The normalized spacial score (nSPS) is 17.2. The van der Waals surface area contributed by atoms with E-state index in [0.717, 1.165) is 13.1 Å². The average molecular weight is 227 g/mol. The van der Waals surface area contributed by atoms with E-state index in [1.54, 1.807) is 0 Å². The Morgan fingerprint density at radius 3 is 2.59 bits per heavy atom. The maximum absolute atomic E-state index is 4.51. The zero-order valence-electron chi connectivity index (χ0n) is 9.84. The van der Waals surface area contributed by atoms with Crippen molar-refractivity contribution in [3.8, 4) is 11.3 Å². The lowest BCUT2D eigenvalue weighted by atomic mass is 10.1. The maximum atomic E-state index is 4.51. The van der Waals surface area contributed by atoms with E-state index in [-0.39, 0.29) is 0 Å². The van der Waals surface area contributed by atoms with E-state index < -0.39 is 0 Å². The molecule has 1 fully saturated rings. The van der Waals surface area contributed by atoms with Crippen LogP contribution in [0.5, 0.6) is 0 Å². The van der Waals surface area contributed by atoms with Crippen LogP contribution >= 0.6 is 0 Å². The maximum Gasteiger partial charge on any atom is 0.0685 e. The summed E-state index contributed by atoms with van der Waals surface area (Å²) in [6.45, 7) is 2.19. The number of nitrogens with zero attached hydrogens (tertiary/aromatic N) is 2. The number of hydrogen-bond donors (Lipinski definition) is 1. The summed E-state index contributed by atoms with van der Waals surface area (Å²) in [6, 6.07) is 13.2. The zero-order chi connectivity index (χ0) is 11.5. The molecule has 1 saturated heterocycles. The minimum Gasteiger partial charge on any atom is -0.317 e. The van der Waals surface area contributed by atoms with E-state index in [4.69, 9.17) is 0 Å². The van der Waals surface area contributed by atoms with Crippen LogP contribution in [-0.4, -0.2) is 22.9 Å². The molecule has 1 N–H and O–H groups in total. The van der Waals surface area contributed by atoms with Crippen LogP contribution in [-0.2, 0) is 0 Å². The second-order valence-electron chi connectivity index (χ2n) is 4.51. The van der Waals surface area contributed by atoms with Gasteiger partial charge in [-0.1, -0.05) is 30.3 Å². The van der Waals surface area contributed by atoms with Gasteiger partial charge in [-0.3, -0.25) is 4.68 Å². The Morgan fingerprint density at radius 1 is 1.06 bits per heavy atom. The quantitative estimate of drug-likeness (QED) is 0.854. The van der Waals surface area contributed by atoms with Crippen LogP contribution < -0.4 is 5.32 Å². The Balaban J connectivity index is 1.93. The van der Waals surface area contributed by atoms with E-state index >= 15 is 0 Å². The first-order chi connectivity index (χ1) is 8.45. The van der Waals surface area contributed by atoms with Gasteiger partial charge in [0.1, 0.15) is 0 Å². The third-order valence-electron chi connectivity index (χ3n) is 3.39. The molecule has 17 heavy (non-hydrogen) atoms. The second-order valence-corrected chi connectivity index (χ2v) is 4.51. The summed E-state index contributed by atoms with van der Waals surface area (Å²) in [4.78, 5) is 0. The molecule has 3 nitrogen and oxygen atoms in total. The first-order valence-corrected chi connectivity index (χ1v) is 6.25. The highest BCUT2D eigenvalue weighted by Crippen LogP contribution is 2.26. The summed E-state index contributed by atoms with van der Waals surface area (Å²) in [5.41, 5.74) is 2.49. The van der Waals surface area contributed by atoms with Gasteiger partial charge in [0.25, 0.3) is 0 Å². The largest absolute Gasteiger partial charge is 0.317 e. The molecule has 88 valence electrons. The topological polar surface area (TPSA) is 29.9 Å². The standard InChI is InChI=1S/C14H17N3/c1-2-4-12(5-3-1)14-8-11-16-17(14)13-6-9-15-10-7-13/h1-5,8,11,13,15H,6-7,9-10H2. The molecule has 0 radical (unpaired) electrons.